The Morgan fingerprint density at radius 3 is 2.91 bits per heavy atom. The smallest absolute Gasteiger partial charge is 0.414 e. The van der Waals surface area contributed by atoms with E-state index in [-0.39, 0.29) is 13.1 Å². The lowest BCUT2D eigenvalue weighted by Gasteiger charge is -2.21. The number of methoxy groups -OCH3 is 1. The van der Waals surface area contributed by atoms with Crippen LogP contribution in [0.4, 0.5) is 14.9 Å². The Balaban J connectivity index is 1.17. The quantitative estimate of drug-likeness (QED) is 0.465. The van der Waals surface area contributed by atoms with Gasteiger partial charge in [-0.3, -0.25) is 9.88 Å². The SMILES string of the molecule is COc1ccc2ncc(F)c(CNCC[C@@H](O)[C@@H]3CN(c4ccc5c(c4)OCCO5)C(=O)O3)c2n1. The van der Waals surface area contributed by atoms with Crippen LogP contribution in [0.2, 0.25) is 0 Å². The molecular weight excluding hydrogens is 459 g/mol. The van der Waals surface area contributed by atoms with Gasteiger partial charge in [0.1, 0.15) is 30.7 Å². The summed E-state index contributed by atoms with van der Waals surface area (Å²) >= 11 is 0. The minimum Gasteiger partial charge on any atom is -0.486 e. The summed E-state index contributed by atoms with van der Waals surface area (Å²) in [4.78, 5) is 22.3. The highest BCUT2D eigenvalue weighted by Crippen LogP contribution is 2.35. The molecular formula is C24H25FN4O6. The van der Waals surface area contributed by atoms with Crippen LogP contribution in [0.25, 0.3) is 11.0 Å². The zero-order valence-corrected chi connectivity index (χ0v) is 19.1. The van der Waals surface area contributed by atoms with Crippen LogP contribution in [0.15, 0.2) is 36.5 Å². The van der Waals surface area contributed by atoms with E-state index in [9.17, 15) is 14.3 Å². The van der Waals surface area contributed by atoms with Gasteiger partial charge in [0, 0.05) is 24.2 Å². The Morgan fingerprint density at radius 2 is 2.09 bits per heavy atom. The number of benzene rings is 1. The molecule has 2 N–H and O–H groups in total. The monoisotopic (exact) mass is 484 g/mol. The van der Waals surface area contributed by atoms with Crippen LogP contribution in [0, 0.1) is 5.82 Å². The van der Waals surface area contributed by atoms with Gasteiger partial charge in [-0.2, -0.15) is 0 Å². The van der Waals surface area contributed by atoms with Gasteiger partial charge in [-0.25, -0.2) is 14.2 Å². The summed E-state index contributed by atoms with van der Waals surface area (Å²) in [7, 11) is 1.49. The number of carbonyl (C=O) groups is 1. The molecule has 4 heterocycles. The van der Waals surface area contributed by atoms with Gasteiger partial charge in [-0.1, -0.05) is 0 Å². The van der Waals surface area contributed by atoms with Gasteiger partial charge in [-0.05, 0) is 31.2 Å². The molecule has 35 heavy (non-hydrogen) atoms. The maximum Gasteiger partial charge on any atom is 0.414 e. The van der Waals surface area contributed by atoms with E-state index in [2.05, 4.69) is 15.3 Å². The number of nitrogens with zero attached hydrogens (tertiary/aromatic N) is 3. The first kappa shape index (κ1) is 23.1. The van der Waals surface area contributed by atoms with Gasteiger partial charge >= 0.3 is 6.09 Å². The number of aliphatic hydroxyl groups excluding tert-OH is 1. The van der Waals surface area contributed by atoms with E-state index in [4.69, 9.17) is 18.9 Å². The Kier molecular flexibility index (Phi) is 6.51. The number of hydrogen-bond donors (Lipinski definition) is 2. The number of rotatable bonds is 8. The number of nitrogens with one attached hydrogen (secondary N) is 1. The third kappa shape index (κ3) is 4.77. The number of carbonyl (C=O) groups excluding carboxylic acids is 1. The van der Waals surface area contributed by atoms with E-state index >= 15 is 0 Å². The van der Waals surface area contributed by atoms with Crippen molar-refractivity contribution in [2.75, 3.05) is 38.3 Å². The lowest BCUT2D eigenvalue weighted by atomic mass is 10.1. The van der Waals surface area contributed by atoms with Gasteiger partial charge in [0.2, 0.25) is 5.88 Å². The molecule has 0 aliphatic carbocycles. The maximum atomic E-state index is 14.4. The van der Waals surface area contributed by atoms with Crippen molar-refractivity contribution in [2.24, 2.45) is 0 Å². The zero-order chi connectivity index (χ0) is 24.4. The molecule has 0 spiro atoms. The number of ether oxygens (including phenoxy) is 4. The Bertz CT molecular complexity index is 1240. The zero-order valence-electron chi connectivity index (χ0n) is 19.1. The molecule has 11 heteroatoms. The molecule has 2 aliphatic heterocycles. The fourth-order valence-corrected chi connectivity index (χ4v) is 4.10. The molecule has 0 radical (unpaired) electrons. The molecule has 3 aromatic rings. The normalized spacial score (nSPS) is 18.0. The number of hydrogen-bond acceptors (Lipinski definition) is 9. The standard InChI is InChI=1S/C24H25FN4O6/c1-32-22-5-3-17-23(28-22)15(16(25)12-27-17)11-26-7-6-18(30)21-13-29(24(31)35-21)14-2-4-19-20(10-14)34-9-8-33-19/h2-5,10,12,18,21,26,30H,6-9,11,13H2,1H3/t18-,21+/m1/s1. The highest BCUT2D eigenvalue weighted by molar-refractivity contribution is 5.90. The minimum atomic E-state index is -0.897. The van der Waals surface area contributed by atoms with Crippen molar-refractivity contribution >= 4 is 22.8 Å². The Morgan fingerprint density at radius 1 is 1.26 bits per heavy atom. The summed E-state index contributed by atoms with van der Waals surface area (Å²) < 4.78 is 36.1. The second-order valence-electron chi connectivity index (χ2n) is 8.20. The first-order chi connectivity index (χ1) is 17.0. The van der Waals surface area contributed by atoms with Crippen molar-refractivity contribution in [3.05, 3.63) is 47.9 Å². The second kappa shape index (κ2) is 9.88. The third-order valence-electron chi connectivity index (χ3n) is 5.97. The van der Waals surface area contributed by atoms with Crippen LogP contribution in [0.1, 0.15) is 12.0 Å². The molecule has 2 aromatic heterocycles. The first-order valence-corrected chi connectivity index (χ1v) is 11.3. The van der Waals surface area contributed by atoms with E-state index in [0.717, 1.165) is 6.20 Å². The largest absolute Gasteiger partial charge is 0.486 e. The molecule has 0 bridgehead atoms. The molecule has 1 saturated heterocycles. The van der Waals surface area contributed by atoms with Crippen LogP contribution in [-0.4, -0.2) is 66.8 Å². The lowest BCUT2D eigenvalue weighted by Crippen LogP contribution is -2.33. The molecule has 5 rings (SSSR count). The number of aromatic nitrogens is 2. The van der Waals surface area contributed by atoms with Crippen LogP contribution >= 0.6 is 0 Å². The third-order valence-corrected chi connectivity index (χ3v) is 5.97. The summed E-state index contributed by atoms with van der Waals surface area (Å²) in [5, 5.41) is 13.7. The summed E-state index contributed by atoms with van der Waals surface area (Å²) in [5.41, 5.74) is 1.94. The molecule has 184 valence electrons. The lowest BCUT2D eigenvalue weighted by molar-refractivity contribution is 0.0282. The topological polar surface area (TPSA) is 115 Å². The van der Waals surface area contributed by atoms with Crippen LogP contribution in [0.3, 0.4) is 0 Å². The fraction of sp³-hybridized carbons (Fsp3) is 0.375. The summed E-state index contributed by atoms with van der Waals surface area (Å²) in [6, 6.07) is 8.61. The van der Waals surface area contributed by atoms with Crippen LogP contribution in [0.5, 0.6) is 17.4 Å². The molecule has 1 aromatic carbocycles. The Labute approximate surface area is 200 Å². The predicted octanol–water partition coefficient (Wildman–Crippen LogP) is 2.41. The number of cyclic esters (lactones) is 1. The summed E-state index contributed by atoms with van der Waals surface area (Å²) in [5.74, 6) is 1.08. The van der Waals surface area contributed by atoms with Crippen molar-refractivity contribution in [3.8, 4) is 17.4 Å². The van der Waals surface area contributed by atoms with Gasteiger partial charge < -0.3 is 29.4 Å². The van der Waals surface area contributed by atoms with Crippen LogP contribution < -0.4 is 24.4 Å². The molecule has 1 amide bonds. The summed E-state index contributed by atoms with van der Waals surface area (Å²) in [6.45, 7) is 1.68. The van der Waals surface area contributed by atoms with E-state index in [1.165, 1.54) is 12.0 Å². The maximum absolute atomic E-state index is 14.4. The van der Waals surface area contributed by atoms with Gasteiger partial charge in [0.15, 0.2) is 11.5 Å². The number of fused-ring (bicyclic) bond motifs is 2. The van der Waals surface area contributed by atoms with Crippen LogP contribution in [-0.2, 0) is 11.3 Å². The molecule has 10 nitrogen and oxygen atoms in total. The van der Waals surface area contributed by atoms with E-state index in [1.54, 1.807) is 30.3 Å². The Hall–Kier alpha value is -3.70. The van der Waals surface area contributed by atoms with Crippen molar-refractivity contribution in [3.63, 3.8) is 0 Å². The van der Waals surface area contributed by atoms with Crippen molar-refractivity contribution in [2.45, 2.75) is 25.2 Å². The molecule has 0 unspecified atom stereocenters. The first-order valence-electron chi connectivity index (χ1n) is 11.3. The van der Waals surface area contributed by atoms with Gasteiger partial charge in [0.25, 0.3) is 0 Å². The minimum absolute atomic E-state index is 0.186. The van der Waals surface area contributed by atoms with Gasteiger partial charge in [-0.15, -0.1) is 0 Å². The molecule has 2 aliphatic rings. The van der Waals surface area contributed by atoms with E-state index in [0.29, 0.717) is 65.8 Å². The number of aliphatic hydroxyl groups is 1. The second-order valence-corrected chi connectivity index (χ2v) is 8.20. The molecule has 2 atom stereocenters. The summed E-state index contributed by atoms with van der Waals surface area (Å²) in [6.07, 6.45) is -0.668. The average molecular weight is 484 g/mol. The van der Waals surface area contributed by atoms with Crippen molar-refractivity contribution in [1.29, 1.82) is 0 Å². The predicted molar refractivity (Wildman–Crippen MR) is 123 cm³/mol. The highest BCUT2D eigenvalue weighted by Gasteiger charge is 2.37. The average Bonchev–Trinajstić information content (AvgIpc) is 3.28. The highest BCUT2D eigenvalue weighted by atomic mass is 19.1. The molecule has 0 saturated carbocycles. The fourth-order valence-electron chi connectivity index (χ4n) is 4.10. The van der Waals surface area contributed by atoms with Crippen molar-refractivity contribution in [1.82, 2.24) is 15.3 Å². The van der Waals surface area contributed by atoms with Crippen molar-refractivity contribution < 1.29 is 33.2 Å². The van der Waals surface area contributed by atoms with E-state index < -0.39 is 24.1 Å². The molecule has 1 fully saturated rings. The van der Waals surface area contributed by atoms with E-state index in [1.807, 2.05) is 0 Å². The number of amides is 1. The number of anilines is 1. The van der Waals surface area contributed by atoms with Gasteiger partial charge in [0.05, 0.1) is 37.2 Å². The number of halogens is 1. The number of pyridine rings is 2.